The van der Waals surface area contributed by atoms with Crippen molar-refractivity contribution in [1.29, 1.82) is 0 Å². The maximum atomic E-state index is 12.6. The van der Waals surface area contributed by atoms with E-state index in [1.807, 2.05) is 14.0 Å². The van der Waals surface area contributed by atoms with Crippen LogP contribution in [0, 0.1) is 0 Å². The number of imidazole rings is 1. The Balaban J connectivity index is 1.64. The van der Waals surface area contributed by atoms with Crippen LogP contribution >= 0.6 is 0 Å². The highest BCUT2D eigenvalue weighted by Gasteiger charge is 2.27. The van der Waals surface area contributed by atoms with Crippen LogP contribution in [-0.2, 0) is 24.3 Å². The number of fused-ring (bicyclic) bond motifs is 1. The van der Waals surface area contributed by atoms with E-state index < -0.39 is 0 Å². The quantitative estimate of drug-likeness (QED) is 0.936. The van der Waals surface area contributed by atoms with Crippen molar-refractivity contribution in [3.05, 3.63) is 53.6 Å². The Morgan fingerprint density at radius 3 is 2.91 bits per heavy atom. The molecule has 1 unspecified atom stereocenters. The number of nitrogens with zero attached hydrogens (tertiary/aromatic N) is 3. The summed E-state index contributed by atoms with van der Waals surface area (Å²) in [6.07, 6.45) is 4.49. The highest BCUT2D eigenvalue weighted by atomic mass is 16.2. The molecule has 0 saturated carbocycles. The Hall–Kier alpha value is -2.14. The third-order valence-electron chi connectivity index (χ3n) is 4.38. The van der Waals surface area contributed by atoms with Gasteiger partial charge in [-0.15, -0.1) is 0 Å². The fraction of sp³-hybridized carbons (Fsp3) is 0.412. The van der Waals surface area contributed by atoms with E-state index in [4.69, 9.17) is 0 Å². The zero-order valence-corrected chi connectivity index (χ0v) is 13.1. The van der Waals surface area contributed by atoms with Gasteiger partial charge in [0, 0.05) is 32.5 Å². The predicted octanol–water partition coefficient (Wildman–Crippen LogP) is 1.81. The van der Waals surface area contributed by atoms with Gasteiger partial charge in [0.2, 0.25) is 5.91 Å². The lowest BCUT2D eigenvalue weighted by Crippen LogP contribution is -2.47. The van der Waals surface area contributed by atoms with Gasteiger partial charge in [0.05, 0.1) is 12.6 Å². The molecule has 2 heterocycles. The van der Waals surface area contributed by atoms with Crippen LogP contribution < -0.4 is 0 Å². The summed E-state index contributed by atoms with van der Waals surface area (Å²) in [4.78, 5) is 23.8. The number of carbonyl (C=O) groups excluding carboxylic acids is 1. The lowest BCUT2D eigenvalue weighted by Gasteiger charge is -2.34. The van der Waals surface area contributed by atoms with Crippen molar-refractivity contribution in [1.82, 2.24) is 19.8 Å². The van der Waals surface area contributed by atoms with Crippen molar-refractivity contribution < 1.29 is 4.79 Å². The van der Waals surface area contributed by atoms with Crippen LogP contribution in [-0.4, -0.2) is 45.3 Å². The number of rotatable bonds is 4. The van der Waals surface area contributed by atoms with E-state index in [0.717, 1.165) is 25.3 Å². The molecule has 0 aliphatic carbocycles. The minimum atomic E-state index is -0.117. The molecule has 5 heteroatoms. The molecule has 1 aliphatic rings. The molecule has 2 aromatic rings. The van der Waals surface area contributed by atoms with Crippen LogP contribution in [0.5, 0.6) is 0 Å². The SMILES string of the molecule is CC(C(=O)N(C)Cc1ncc[nH]1)N1CCc2ccccc2C1. The number of hydrogen-bond acceptors (Lipinski definition) is 3. The molecule has 3 rings (SSSR count). The third-order valence-corrected chi connectivity index (χ3v) is 4.38. The molecule has 0 saturated heterocycles. The van der Waals surface area contributed by atoms with Gasteiger partial charge in [-0.2, -0.15) is 0 Å². The van der Waals surface area contributed by atoms with E-state index in [2.05, 4.69) is 39.1 Å². The molecule has 1 aromatic heterocycles. The molecule has 1 N–H and O–H groups in total. The van der Waals surface area contributed by atoms with Gasteiger partial charge in [-0.25, -0.2) is 4.98 Å². The lowest BCUT2D eigenvalue weighted by atomic mass is 9.98. The summed E-state index contributed by atoms with van der Waals surface area (Å²) in [6.45, 7) is 4.28. The minimum absolute atomic E-state index is 0.117. The molecular weight excluding hydrogens is 276 g/mol. The highest BCUT2D eigenvalue weighted by Crippen LogP contribution is 2.20. The first kappa shape index (κ1) is 14.8. The third kappa shape index (κ3) is 3.04. The topological polar surface area (TPSA) is 52.2 Å². The fourth-order valence-corrected chi connectivity index (χ4v) is 3.01. The van der Waals surface area contributed by atoms with Gasteiger partial charge in [0.25, 0.3) is 0 Å². The summed E-state index contributed by atoms with van der Waals surface area (Å²) in [5.41, 5.74) is 2.74. The molecule has 0 fully saturated rings. The molecule has 0 spiro atoms. The molecule has 1 aromatic carbocycles. The molecule has 0 radical (unpaired) electrons. The normalized spacial score (nSPS) is 16.1. The first-order chi connectivity index (χ1) is 10.6. The number of amides is 1. The predicted molar refractivity (Wildman–Crippen MR) is 85.1 cm³/mol. The first-order valence-electron chi connectivity index (χ1n) is 7.69. The minimum Gasteiger partial charge on any atom is -0.347 e. The summed E-state index contributed by atoms with van der Waals surface area (Å²) in [7, 11) is 1.83. The number of likely N-dealkylation sites (N-methyl/N-ethyl adjacent to an activating group) is 1. The second kappa shape index (κ2) is 6.32. The van der Waals surface area contributed by atoms with Gasteiger partial charge in [0.1, 0.15) is 5.82 Å². The van der Waals surface area contributed by atoms with Crippen LogP contribution in [0.4, 0.5) is 0 Å². The molecule has 5 nitrogen and oxygen atoms in total. The Labute approximate surface area is 131 Å². The Kier molecular flexibility index (Phi) is 4.24. The first-order valence-corrected chi connectivity index (χ1v) is 7.69. The highest BCUT2D eigenvalue weighted by molar-refractivity contribution is 5.81. The van der Waals surface area contributed by atoms with Crippen LogP contribution in [0.25, 0.3) is 0 Å². The second-order valence-corrected chi connectivity index (χ2v) is 5.90. The van der Waals surface area contributed by atoms with E-state index in [1.165, 1.54) is 11.1 Å². The molecule has 1 aliphatic heterocycles. The number of hydrogen-bond donors (Lipinski definition) is 1. The van der Waals surface area contributed by atoms with Crippen molar-refractivity contribution in [2.75, 3.05) is 13.6 Å². The largest absolute Gasteiger partial charge is 0.347 e. The van der Waals surface area contributed by atoms with E-state index in [-0.39, 0.29) is 11.9 Å². The molecule has 1 atom stereocenters. The van der Waals surface area contributed by atoms with Crippen molar-refractivity contribution in [3.8, 4) is 0 Å². The van der Waals surface area contributed by atoms with Crippen molar-refractivity contribution in [3.63, 3.8) is 0 Å². The molecule has 116 valence electrons. The molecular formula is C17H22N4O. The van der Waals surface area contributed by atoms with E-state index in [9.17, 15) is 4.79 Å². The zero-order valence-electron chi connectivity index (χ0n) is 13.1. The number of aromatic nitrogens is 2. The number of aromatic amines is 1. The number of H-pyrrole nitrogens is 1. The molecule has 0 bridgehead atoms. The van der Waals surface area contributed by atoms with E-state index >= 15 is 0 Å². The summed E-state index contributed by atoms with van der Waals surface area (Å²) in [6, 6.07) is 8.37. The standard InChI is InChI=1S/C17H22N4O/c1-13(17(22)20(2)12-16-18-8-9-19-16)21-10-7-14-5-3-4-6-15(14)11-21/h3-6,8-9,13H,7,10-12H2,1-2H3,(H,18,19). The summed E-state index contributed by atoms with van der Waals surface area (Å²) in [5, 5.41) is 0. The molecule has 22 heavy (non-hydrogen) atoms. The average Bonchev–Trinajstić information content (AvgIpc) is 3.06. The van der Waals surface area contributed by atoms with Gasteiger partial charge in [-0.05, 0) is 24.5 Å². The maximum absolute atomic E-state index is 12.6. The molecule has 1 amide bonds. The Morgan fingerprint density at radius 2 is 2.18 bits per heavy atom. The zero-order chi connectivity index (χ0) is 15.5. The second-order valence-electron chi connectivity index (χ2n) is 5.90. The van der Waals surface area contributed by atoms with Crippen LogP contribution in [0.2, 0.25) is 0 Å². The smallest absolute Gasteiger partial charge is 0.239 e. The van der Waals surface area contributed by atoms with Crippen molar-refractivity contribution in [2.45, 2.75) is 32.5 Å². The van der Waals surface area contributed by atoms with Gasteiger partial charge < -0.3 is 9.88 Å². The summed E-state index contributed by atoms with van der Waals surface area (Å²) < 4.78 is 0. The van der Waals surface area contributed by atoms with Gasteiger partial charge in [0.15, 0.2) is 0 Å². The van der Waals surface area contributed by atoms with Gasteiger partial charge >= 0.3 is 0 Å². The maximum Gasteiger partial charge on any atom is 0.239 e. The lowest BCUT2D eigenvalue weighted by molar-refractivity contribution is -0.136. The Morgan fingerprint density at radius 1 is 1.41 bits per heavy atom. The average molecular weight is 298 g/mol. The fourth-order valence-electron chi connectivity index (χ4n) is 3.01. The van der Waals surface area contributed by atoms with E-state index in [1.54, 1.807) is 17.3 Å². The van der Waals surface area contributed by atoms with Crippen LogP contribution in [0.15, 0.2) is 36.7 Å². The number of carbonyl (C=O) groups is 1. The van der Waals surface area contributed by atoms with Crippen LogP contribution in [0.3, 0.4) is 0 Å². The Bertz CT molecular complexity index is 638. The number of nitrogens with one attached hydrogen (secondary N) is 1. The monoisotopic (exact) mass is 298 g/mol. The van der Waals surface area contributed by atoms with Gasteiger partial charge in [-0.1, -0.05) is 24.3 Å². The van der Waals surface area contributed by atoms with E-state index in [0.29, 0.717) is 6.54 Å². The van der Waals surface area contributed by atoms with Crippen molar-refractivity contribution >= 4 is 5.91 Å². The van der Waals surface area contributed by atoms with Crippen molar-refractivity contribution in [2.24, 2.45) is 0 Å². The summed E-state index contributed by atoms with van der Waals surface area (Å²) >= 11 is 0. The number of benzene rings is 1. The summed E-state index contributed by atoms with van der Waals surface area (Å²) in [5.74, 6) is 0.947. The van der Waals surface area contributed by atoms with Gasteiger partial charge in [-0.3, -0.25) is 9.69 Å². The van der Waals surface area contributed by atoms with Crippen LogP contribution in [0.1, 0.15) is 23.9 Å².